The number of benzene rings is 1. The van der Waals surface area contributed by atoms with Crippen molar-refractivity contribution in [3.8, 4) is 0 Å². The van der Waals surface area contributed by atoms with E-state index in [1.165, 1.54) is 11.1 Å². The number of fused-ring (bicyclic) bond motifs is 1. The highest BCUT2D eigenvalue weighted by Gasteiger charge is 2.27. The molecular weight excluding hydrogens is 414 g/mol. The van der Waals surface area contributed by atoms with Gasteiger partial charge >= 0.3 is 0 Å². The number of hydrogen-bond acceptors (Lipinski definition) is 4. The second-order valence-corrected chi connectivity index (χ2v) is 8.71. The summed E-state index contributed by atoms with van der Waals surface area (Å²) in [5.41, 5.74) is 8.47. The highest BCUT2D eigenvalue weighted by atomic mass is 16.5. The zero-order valence-corrected chi connectivity index (χ0v) is 20.5. The Morgan fingerprint density at radius 3 is 2.64 bits per heavy atom. The molecule has 0 spiro atoms. The van der Waals surface area contributed by atoms with Crippen LogP contribution in [0.15, 0.2) is 30.0 Å². The van der Waals surface area contributed by atoms with E-state index in [-0.39, 0.29) is 5.91 Å². The normalized spacial score (nSPS) is 14.3. The molecule has 172 valence electrons. The number of hydrogen-bond donors (Lipinski definition) is 1. The molecule has 1 aromatic carbocycles. The zero-order chi connectivity index (χ0) is 23.9. The third kappa shape index (κ3) is 4.15. The fraction of sp³-hybridized carbons (Fsp3) is 0.385. The lowest BCUT2D eigenvalue weighted by molar-refractivity contribution is -0.497. The van der Waals surface area contributed by atoms with E-state index >= 15 is 0 Å². The molecule has 0 radical (unpaired) electrons. The number of methoxy groups -OCH3 is 1. The standard InChI is InChI=1S/C26H31N5O2/c1-8-18-13-20-22(11-15(18)2)31(6)26(28-20)29-25(32)19-12-16(3)27-21(14-19)24-17(4)30(5)10-9-23(24)33-7/h11-14H,8-10H2,1-7H3/p+1. The maximum atomic E-state index is 13.3. The van der Waals surface area contributed by atoms with E-state index in [0.29, 0.717) is 11.5 Å². The van der Waals surface area contributed by atoms with Crippen molar-refractivity contribution in [2.75, 3.05) is 26.0 Å². The van der Waals surface area contributed by atoms with Crippen molar-refractivity contribution >= 4 is 34.2 Å². The summed E-state index contributed by atoms with van der Waals surface area (Å²) in [5, 5.41) is 3.00. The second kappa shape index (κ2) is 8.81. The number of carbonyl (C=O) groups is 1. The van der Waals surface area contributed by atoms with Gasteiger partial charge in [0.1, 0.15) is 24.9 Å². The first-order chi connectivity index (χ1) is 15.7. The monoisotopic (exact) mass is 446 g/mol. The van der Waals surface area contributed by atoms with Crippen LogP contribution in [-0.4, -0.2) is 51.4 Å². The quantitative estimate of drug-likeness (QED) is 0.595. The molecule has 33 heavy (non-hydrogen) atoms. The van der Waals surface area contributed by atoms with Gasteiger partial charge < -0.3 is 9.30 Å². The maximum absolute atomic E-state index is 13.3. The third-order valence-corrected chi connectivity index (χ3v) is 6.55. The number of rotatable bonds is 5. The maximum Gasteiger partial charge on any atom is 0.258 e. The number of nitrogens with one attached hydrogen (secondary N) is 1. The van der Waals surface area contributed by atoms with E-state index in [4.69, 9.17) is 9.72 Å². The molecule has 3 aromatic rings. The van der Waals surface area contributed by atoms with Crippen LogP contribution in [0.3, 0.4) is 0 Å². The van der Waals surface area contributed by atoms with Crippen LogP contribution in [-0.2, 0) is 18.2 Å². The van der Waals surface area contributed by atoms with Gasteiger partial charge in [-0.3, -0.25) is 15.1 Å². The van der Waals surface area contributed by atoms with Gasteiger partial charge in [0.2, 0.25) is 5.95 Å². The Labute approximate surface area is 194 Å². The van der Waals surface area contributed by atoms with Crippen LogP contribution in [0.25, 0.3) is 16.6 Å². The summed E-state index contributed by atoms with van der Waals surface area (Å²) >= 11 is 0. The molecule has 4 rings (SSSR count). The van der Waals surface area contributed by atoms with Crippen LogP contribution in [0.1, 0.15) is 53.1 Å². The van der Waals surface area contributed by atoms with E-state index < -0.39 is 0 Å². The Hall–Kier alpha value is -3.48. The van der Waals surface area contributed by atoms with Gasteiger partial charge in [0.15, 0.2) is 5.71 Å². The second-order valence-electron chi connectivity index (χ2n) is 8.71. The molecule has 1 N–H and O–H groups in total. The van der Waals surface area contributed by atoms with Gasteiger partial charge in [0.25, 0.3) is 5.91 Å². The predicted molar refractivity (Wildman–Crippen MR) is 132 cm³/mol. The first-order valence-corrected chi connectivity index (χ1v) is 11.3. The van der Waals surface area contributed by atoms with E-state index in [0.717, 1.165) is 58.9 Å². The molecule has 7 nitrogen and oxygen atoms in total. The number of allylic oxidation sites excluding steroid dienone is 1. The molecule has 2 aromatic heterocycles. The van der Waals surface area contributed by atoms with Gasteiger partial charge in [0, 0.05) is 25.2 Å². The Morgan fingerprint density at radius 1 is 1.18 bits per heavy atom. The lowest BCUT2D eigenvalue weighted by atomic mass is 9.99. The smallest absolute Gasteiger partial charge is 0.258 e. The van der Waals surface area contributed by atoms with Crippen molar-refractivity contribution in [1.29, 1.82) is 0 Å². The first-order valence-electron chi connectivity index (χ1n) is 11.3. The number of anilines is 1. The van der Waals surface area contributed by atoms with E-state index in [2.05, 4.69) is 54.8 Å². The summed E-state index contributed by atoms with van der Waals surface area (Å²) in [6, 6.07) is 7.87. The molecule has 0 saturated carbocycles. The highest BCUT2D eigenvalue weighted by Crippen LogP contribution is 2.27. The number of amides is 1. The van der Waals surface area contributed by atoms with Crippen LogP contribution in [0, 0.1) is 13.8 Å². The van der Waals surface area contributed by atoms with Crippen molar-refractivity contribution in [3.63, 3.8) is 0 Å². The van der Waals surface area contributed by atoms with Crippen LogP contribution >= 0.6 is 0 Å². The number of imidazole rings is 1. The topological polar surface area (TPSA) is 72.1 Å². The molecule has 0 atom stereocenters. The van der Waals surface area contributed by atoms with Crippen molar-refractivity contribution in [2.24, 2.45) is 7.05 Å². The Balaban J connectivity index is 1.71. The predicted octanol–water partition coefficient (Wildman–Crippen LogP) is 4.26. The zero-order valence-electron chi connectivity index (χ0n) is 20.5. The Bertz CT molecular complexity index is 1330. The molecule has 0 saturated heterocycles. The van der Waals surface area contributed by atoms with Crippen molar-refractivity contribution in [1.82, 2.24) is 14.5 Å². The van der Waals surface area contributed by atoms with Crippen molar-refractivity contribution in [3.05, 3.63) is 58.1 Å². The number of aryl methyl sites for hydroxylation is 4. The largest absolute Gasteiger partial charge is 0.500 e. The Morgan fingerprint density at radius 2 is 1.94 bits per heavy atom. The molecule has 0 fully saturated rings. The molecule has 0 bridgehead atoms. The molecular formula is C26H32N5O2+. The lowest BCUT2D eigenvalue weighted by Gasteiger charge is -2.18. The van der Waals surface area contributed by atoms with Gasteiger partial charge in [-0.2, -0.15) is 0 Å². The molecule has 1 amide bonds. The lowest BCUT2D eigenvalue weighted by Crippen LogP contribution is -2.25. The summed E-state index contributed by atoms with van der Waals surface area (Å²) in [6.07, 6.45) is 1.75. The minimum atomic E-state index is -0.214. The third-order valence-electron chi connectivity index (χ3n) is 6.55. The summed E-state index contributed by atoms with van der Waals surface area (Å²) in [5.74, 6) is 1.21. The average Bonchev–Trinajstić information content (AvgIpc) is 3.08. The first kappa shape index (κ1) is 22.7. The summed E-state index contributed by atoms with van der Waals surface area (Å²) in [7, 11) is 5.67. The molecule has 1 aliphatic heterocycles. The highest BCUT2D eigenvalue weighted by molar-refractivity contribution is 6.21. The van der Waals surface area contributed by atoms with Gasteiger partial charge in [-0.15, -0.1) is 0 Å². The van der Waals surface area contributed by atoms with E-state index in [1.54, 1.807) is 13.2 Å². The van der Waals surface area contributed by atoms with Gasteiger partial charge in [-0.1, -0.05) is 6.92 Å². The molecule has 1 aliphatic rings. The average molecular weight is 447 g/mol. The molecule has 7 heteroatoms. The van der Waals surface area contributed by atoms with Gasteiger partial charge in [-0.25, -0.2) is 9.56 Å². The van der Waals surface area contributed by atoms with Crippen LogP contribution in [0.4, 0.5) is 5.95 Å². The molecule has 0 aliphatic carbocycles. The minimum Gasteiger partial charge on any atom is -0.500 e. The van der Waals surface area contributed by atoms with E-state index in [9.17, 15) is 4.79 Å². The summed E-state index contributed by atoms with van der Waals surface area (Å²) < 4.78 is 9.78. The molecule has 0 unspecified atom stereocenters. The Kier molecular flexibility index (Phi) is 6.06. The SMILES string of the molecule is CCc1cc2nc(NC(=O)c3cc(C)nc(C4=C(OC)CC[N+](C)=C4C)c3)n(C)c2cc1C. The summed E-state index contributed by atoms with van der Waals surface area (Å²) in [4.78, 5) is 22.7. The number of nitrogens with zero attached hydrogens (tertiary/aromatic N) is 4. The van der Waals surface area contributed by atoms with Crippen molar-refractivity contribution in [2.45, 2.75) is 40.5 Å². The van der Waals surface area contributed by atoms with Crippen molar-refractivity contribution < 1.29 is 14.1 Å². The minimum absolute atomic E-state index is 0.214. The molecule has 3 heterocycles. The fourth-order valence-corrected chi connectivity index (χ4v) is 4.47. The van der Waals surface area contributed by atoms with Crippen LogP contribution in [0.2, 0.25) is 0 Å². The van der Waals surface area contributed by atoms with Crippen LogP contribution < -0.4 is 5.32 Å². The van der Waals surface area contributed by atoms with Crippen LogP contribution in [0.5, 0.6) is 0 Å². The fourth-order valence-electron chi connectivity index (χ4n) is 4.47. The number of aromatic nitrogens is 3. The number of ether oxygens (including phenoxy) is 1. The summed E-state index contributed by atoms with van der Waals surface area (Å²) in [6.45, 7) is 9.10. The number of carbonyl (C=O) groups excluding carboxylic acids is 1. The number of pyridine rings is 1. The van der Waals surface area contributed by atoms with E-state index in [1.807, 2.05) is 24.6 Å². The van der Waals surface area contributed by atoms with Gasteiger partial charge in [0.05, 0.1) is 30.3 Å². The van der Waals surface area contributed by atoms with Gasteiger partial charge in [-0.05, 0) is 55.7 Å².